The average molecular weight is 342 g/mol. The molecule has 2 aromatic heterocycles. The van der Waals surface area contributed by atoms with E-state index >= 15 is 0 Å². The van der Waals surface area contributed by atoms with E-state index in [-0.39, 0.29) is 5.75 Å². The topological polar surface area (TPSA) is 72.0 Å². The number of phenols is 1. The first-order valence-corrected chi connectivity index (χ1v) is 8.14. The fraction of sp³-hybridized carbons (Fsp3) is 0.0500. The molecule has 0 spiro atoms. The first-order valence-electron chi connectivity index (χ1n) is 8.14. The van der Waals surface area contributed by atoms with E-state index in [1.165, 1.54) is 0 Å². The molecule has 26 heavy (non-hydrogen) atoms. The molecular formula is C20H14N4O2. The van der Waals surface area contributed by atoms with Gasteiger partial charge < -0.3 is 9.84 Å². The van der Waals surface area contributed by atoms with Crippen LogP contribution in [0.2, 0.25) is 0 Å². The largest absolute Gasteiger partial charge is 0.507 e. The number of nitrogens with zero attached hydrogens (tertiary/aromatic N) is 4. The third kappa shape index (κ3) is 2.02. The Morgan fingerprint density at radius 1 is 1.00 bits per heavy atom. The number of aromatic hydroxyl groups is 1. The van der Waals surface area contributed by atoms with Crippen molar-refractivity contribution in [3.8, 4) is 22.8 Å². The Labute approximate surface area is 149 Å². The summed E-state index contributed by atoms with van der Waals surface area (Å²) in [5.74, 6) is 0.701. The van der Waals surface area contributed by atoms with E-state index in [4.69, 9.17) is 9.73 Å². The van der Waals surface area contributed by atoms with E-state index in [2.05, 4.69) is 10.1 Å². The van der Waals surface area contributed by atoms with Crippen molar-refractivity contribution in [1.29, 1.82) is 0 Å². The van der Waals surface area contributed by atoms with Crippen LogP contribution in [-0.4, -0.2) is 32.5 Å². The molecular weight excluding hydrogens is 328 g/mol. The van der Waals surface area contributed by atoms with Crippen LogP contribution in [0.1, 0.15) is 11.1 Å². The summed E-state index contributed by atoms with van der Waals surface area (Å²) in [6.07, 6.45) is 3.42. The predicted molar refractivity (Wildman–Crippen MR) is 98.4 cm³/mol. The van der Waals surface area contributed by atoms with Gasteiger partial charge in [0.15, 0.2) is 0 Å². The smallest absolute Gasteiger partial charge is 0.137 e. The fourth-order valence-electron chi connectivity index (χ4n) is 3.34. The molecule has 4 aromatic rings. The van der Waals surface area contributed by atoms with E-state index in [0.29, 0.717) is 17.0 Å². The van der Waals surface area contributed by atoms with Gasteiger partial charge in [-0.25, -0.2) is 14.5 Å². The van der Waals surface area contributed by atoms with Crippen molar-refractivity contribution in [2.45, 2.75) is 0 Å². The van der Waals surface area contributed by atoms with Gasteiger partial charge >= 0.3 is 0 Å². The minimum absolute atomic E-state index is 0.111. The molecule has 5 rings (SSSR count). The van der Waals surface area contributed by atoms with Gasteiger partial charge in [0.1, 0.15) is 29.0 Å². The first kappa shape index (κ1) is 14.7. The summed E-state index contributed by atoms with van der Waals surface area (Å²) in [6, 6.07) is 15.0. The third-order valence-electron chi connectivity index (χ3n) is 4.56. The molecule has 0 bridgehead atoms. The molecule has 1 aliphatic rings. The maximum Gasteiger partial charge on any atom is 0.137 e. The highest BCUT2D eigenvalue weighted by molar-refractivity contribution is 6.21. The van der Waals surface area contributed by atoms with Crippen molar-refractivity contribution in [2.75, 3.05) is 7.11 Å². The molecule has 1 N–H and O–H groups in total. The maximum absolute atomic E-state index is 10.6. The second-order valence-electron chi connectivity index (χ2n) is 5.99. The first-order chi connectivity index (χ1) is 12.8. The predicted octanol–water partition coefficient (Wildman–Crippen LogP) is 3.59. The van der Waals surface area contributed by atoms with Gasteiger partial charge in [0.2, 0.25) is 0 Å². The molecule has 6 heteroatoms. The third-order valence-corrected chi connectivity index (χ3v) is 4.56. The van der Waals surface area contributed by atoms with Gasteiger partial charge in [-0.1, -0.05) is 18.2 Å². The zero-order chi connectivity index (χ0) is 17.7. The highest BCUT2D eigenvalue weighted by Gasteiger charge is 2.24. The Hall–Kier alpha value is -3.67. The van der Waals surface area contributed by atoms with Gasteiger partial charge in [0.25, 0.3) is 0 Å². The zero-order valence-electron chi connectivity index (χ0n) is 13.9. The van der Waals surface area contributed by atoms with E-state index in [0.717, 1.165) is 28.0 Å². The van der Waals surface area contributed by atoms with Crippen molar-refractivity contribution < 1.29 is 9.84 Å². The molecule has 6 nitrogen and oxygen atoms in total. The Balaban J connectivity index is 1.87. The molecule has 1 aliphatic heterocycles. The normalized spacial score (nSPS) is 12.4. The minimum atomic E-state index is 0.111. The van der Waals surface area contributed by atoms with E-state index in [9.17, 15) is 5.11 Å². The van der Waals surface area contributed by atoms with Crippen molar-refractivity contribution >= 4 is 16.9 Å². The number of para-hydroxylation sites is 1. The highest BCUT2D eigenvalue weighted by Crippen LogP contribution is 2.39. The van der Waals surface area contributed by atoms with E-state index in [1.807, 2.05) is 48.7 Å². The van der Waals surface area contributed by atoms with Gasteiger partial charge in [0.05, 0.1) is 18.5 Å². The Morgan fingerprint density at radius 2 is 1.88 bits per heavy atom. The summed E-state index contributed by atoms with van der Waals surface area (Å²) in [5.41, 5.74) is 5.60. The quantitative estimate of drug-likeness (QED) is 0.532. The van der Waals surface area contributed by atoms with Crippen LogP contribution in [0, 0.1) is 0 Å². The van der Waals surface area contributed by atoms with Gasteiger partial charge in [-0.2, -0.15) is 5.10 Å². The molecule has 0 saturated carbocycles. The lowest BCUT2D eigenvalue weighted by molar-refractivity contribution is 0.407. The number of benzene rings is 2. The molecule has 0 aliphatic carbocycles. The molecule has 0 radical (unpaired) electrons. The standard InChI is InChI=1S/C20H14N4O2/c1-26-12-6-7-14(17(25)10-12)18-15-8-9-24-20(15)19(21-11-22-24)13-4-2-3-5-16(13)23-18/h2-11,25H,1H3. The number of rotatable bonds is 2. The van der Waals surface area contributed by atoms with Crippen molar-refractivity contribution in [1.82, 2.24) is 14.6 Å². The second-order valence-corrected chi connectivity index (χ2v) is 5.99. The Bertz CT molecular complexity index is 1190. The number of hydrogen-bond donors (Lipinski definition) is 1. The van der Waals surface area contributed by atoms with Crippen LogP contribution in [0.5, 0.6) is 11.5 Å². The van der Waals surface area contributed by atoms with E-state index in [1.54, 1.807) is 24.0 Å². The van der Waals surface area contributed by atoms with Crippen molar-refractivity contribution in [3.63, 3.8) is 0 Å². The molecule has 0 saturated heterocycles. The number of ether oxygens (including phenoxy) is 1. The molecule has 2 aromatic carbocycles. The van der Waals surface area contributed by atoms with Crippen molar-refractivity contribution in [2.24, 2.45) is 4.99 Å². The summed E-state index contributed by atoms with van der Waals surface area (Å²) in [4.78, 5) is 9.37. The summed E-state index contributed by atoms with van der Waals surface area (Å²) < 4.78 is 6.98. The van der Waals surface area contributed by atoms with Gasteiger partial charge in [-0.15, -0.1) is 0 Å². The minimum Gasteiger partial charge on any atom is -0.507 e. The number of aliphatic imine (C=N–C) groups is 1. The van der Waals surface area contributed by atoms with Crippen LogP contribution in [0.25, 0.3) is 16.8 Å². The van der Waals surface area contributed by atoms with E-state index < -0.39 is 0 Å². The van der Waals surface area contributed by atoms with Crippen LogP contribution in [0.15, 0.2) is 66.0 Å². The zero-order valence-corrected chi connectivity index (χ0v) is 13.9. The molecule has 0 unspecified atom stereocenters. The number of hydrogen-bond acceptors (Lipinski definition) is 5. The van der Waals surface area contributed by atoms with Gasteiger partial charge in [-0.05, 0) is 24.3 Å². The monoisotopic (exact) mass is 342 g/mol. The lowest BCUT2D eigenvalue weighted by atomic mass is 10.0. The second kappa shape index (κ2) is 5.42. The fourth-order valence-corrected chi connectivity index (χ4v) is 3.34. The van der Waals surface area contributed by atoms with Crippen molar-refractivity contribution in [3.05, 3.63) is 72.2 Å². The number of aromatic nitrogens is 3. The molecule has 3 heterocycles. The Morgan fingerprint density at radius 3 is 2.73 bits per heavy atom. The van der Waals surface area contributed by atoms with Gasteiger partial charge in [-0.3, -0.25) is 0 Å². The number of methoxy groups -OCH3 is 1. The summed E-state index contributed by atoms with van der Waals surface area (Å²) >= 11 is 0. The van der Waals surface area contributed by atoms with Crippen LogP contribution < -0.4 is 4.74 Å². The van der Waals surface area contributed by atoms with Crippen LogP contribution >= 0.6 is 0 Å². The summed E-state index contributed by atoms with van der Waals surface area (Å²) in [5, 5.41) is 14.9. The number of phenolic OH excluding ortho intramolecular Hbond substituents is 1. The van der Waals surface area contributed by atoms with Crippen LogP contribution in [0.4, 0.5) is 5.69 Å². The summed E-state index contributed by atoms with van der Waals surface area (Å²) in [6.45, 7) is 0. The van der Waals surface area contributed by atoms with Gasteiger partial charge in [0, 0.05) is 29.0 Å². The maximum atomic E-state index is 10.6. The average Bonchev–Trinajstić information content (AvgIpc) is 3.04. The molecule has 0 amide bonds. The molecule has 0 fully saturated rings. The molecule has 0 atom stereocenters. The lowest BCUT2D eigenvalue weighted by Gasteiger charge is -2.09. The van der Waals surface area contributed by atoms with Crippen LogP contribution in [-0.2, 0) is 0 Å². The lowest BCUT2D eigenvalue weighted by Crippen LogP contribution is -2.04. The SMILES string of the molecule is COc1ccc(C2=Nc3ccccc3-c3ncnn4ccc2c34)c(O)c1. The number of fused-ring (bicyclic) bond motifs is 2. The van der Waals surface area contributed by atoms with Crippen LogP contribution in [0.3, 0.4) is 0 Å². The Kier molecular flexibility index (Phi) is 3.05. The summed E-state index contributed by atoms with van der Waals surface area (Å²) in [7, 11) is 1.57. The molecule has 126 valence electrons. The highest BCUT2D eigenvalue weighted by atomic mass is 16.5.